The maximum absolute atomic E-state index is 4.21. The number of benzene rings is 1. The summed E-state index contributed by atoms with van der Waals surface area (Å²) in [5, 5.41) is 0. The van der Waals surface area contributed by atoms with Gasteiger partial charge in [-0.2, -0.15) is 0 Å². The second-order valence-electron chi connectivity index (χ2n) is 4.51. The van der Waals surface area contributed by atoms with Crippen LogP contribution in [0.2, 0.25) is 0 Å². The van der Waals surface area contributed by atoms with Crippen molar-refractivity contribution in [2.75, 3.05) is 14.1 Å². The Balaban J connectivity index is 2.99. The minimum Gasteiger partial charge on any atom is -0.299 e. The molecule has 0 aromatic heterocycles. The SMILES string of the molecule is C=C(C(C)C)C(c1ccccc1)N(C)C. The second kappa shape index (κ2) is 5.13. The fourth-order valence-corrected chi connectivity index (χ4v) is 1.79. The van der Waals surface area contributed by atoms with Crippen LogP contribution in [-0.4, -0.2) is 19.0 Å². The van der Waals surface area contributed by atoms with Gasteiger partial charge in [0.05, 0.1) is 6.04 Å². The molecule has 1 aromatic carbocycles. The molecule has 1 aromatic rings. The van der Waals surface area contributed by atoms with Gasteiger partial charge in [0, 0.05) is 0 Å². The van der Waals surface area contributed by atoms with E-state index in [0.717, 1.165) is 0 Å². The maximum atomic E-state index is 4.21. The summed E-state index contributed by atoms with van der Waals surface area (Å²) in [4.78, 5) is 2.22. The van der Waals surface area contributed by atoms with Crippen molar-refractivity contribution >= 4 is 0 Å². The second-order valence-corrected chi connectivity index (χ2v) is 4.51. The number of rotatable bonds is 4. The molecule has 1 unspecified atom stereocenters. The van der Waals surface area contributed by atoms with E-state index in [1.165, 1.54) is 11.1 Å². The lowest BCUT2D eigenvalue weighted by Crippen LogP contribution is -2.23. The third-order valence-corrected chi connectivity index (χ3v) is 2.72. The van der Waals surface area contributed by atoms with Gasteiger partial charge in [-0.25, -0.2) is 0 Å². The van der Waals surface area contributed by atoms with Gasteiger partial charge in [-0.15, -0.1) is 0 Å². The van der Waals surface area contributed by atoms with Crippen LogP contribution < -0.4 is 0 Å². The van der Waals surface area contributed by atoms with Crippen LogP contribution >= 0.6 is 0 Å². The number of hydrogen-bond donors (Lipinski definition) is 0. The molecule has 15 heavy (non-hydrogen) atoms. The Morgan fingerprint density at radius 1 is 1.13 bits per heavy atom. The molecule has 1 nitrogen and oxygen atoms in total. The van der Waals surface area contributed by atoms with Crippen molar-refractivity contribution in [1.82, 2.24) is 4.90 Å². The molecule has 0 saturated carbocycles. The van der Waals surface area contributed by atoms with Crippen LogP contribution in [0.25, 0.3) is 0 Å². The molecule has 1 heteroatoms. The molecule has 1 atom stereocenters. The highest BCUT2D eigenvalue weighted by molar-refractivity contribution is 5.27. The van der Waals surface area contributed by atoms with Crippen molar-refractivity contribution in [3.05, 3.63) is 48.0 Å². The molecule has 0 saturated heterocycles. The summed E-state index contributed by atoms with van der Waals surface area (Å²) in [5.41, 5.74) is 2.59. The van der Waals surface area contributed by atoms with Crippen LogP contribution in [0, 0.1) is 5.92 Å². The molecule has 0 N–H and O–H groups in total. The van der Waals surface area contributed by atoms with E-state index in [1.807, 2.05) is 6.07 Å². The third kappa shape index (κ3) is 2.93. The quantitative estimate of drug-likeness (QED) is 0.677. The standard InChI is InChI=1S/C14H21N/c1-11(2)12(3)14(15(4)5)13-9-7-6-8-10-13/h6-11,14H,3H2,1-2,4-5H3. The fourth-order valence-electron chi connectivity index (χ4n) is 1.79. The predicted molar refractivity (Wildman–Crippen MR) is 66.8 cm³/mol. The molecule has 0 aliphatic carbocycles. The molecule has 0 bridgehead atoms. The smallest absolute Gasteiger partial charge is 0.0556 e. The van der Waals surface area contributed by atoms with Crippen LogP contribution in [0.5, 0.6) is 0 Å². The average molecular weight is 203 g/mol. The zero-order valence-electron chi connectivity index (χ0n) is 10.2. The van der Waals surface area contributed by atoms with Gasteiger partial charge in [-0.1, -0.05) is 56.3 Å². The predicted octanol–water partition coefficient (Wildman–Crippen LogP) is 3.50. The zero-order valence-corrected chi connectivity index (χ0v) is 10.2. The van der Waals surface area contributed by atoms with Gasteiger partial charge in [0.1, 0.15) is 0 Å². The van der Waals surface area contributed by atoms with Crippen LogP contribution in [0.1, 0.15) is 25.5 Å². The molecule has 0 heterocycles. The minimum absolute atomic E-state index is 0.325. The van der Waals surface area contributed by atoms with E-state index < -0.39 is 0 Å². The van der Waals surface area contributed by atoms with Gasteiger partial charge in [0.15, 0.2) is 0 Å². The van der Waals surface area contributed by atoms with E-state index in [-0.39, 0.29) is 0 Å². The summed E-state index contributed by atoms with van der Waals surface area (Å²) < 4.78 is 0. The topological polar surface area (TPSA) is 3.24 Å². The van der Waals surface area contributed by atoms with Crippen molar-refractivity contribution in [2.24, 2.45) is 5.92 Å². The first-order valence-corrected chi connectivity index (χ1v) is 5.44. The Labute approximate surface area is 93.4 Å². The number of nitrogens with zero attached hydrogens (tertiary/aromatic N) is 1. The molecular weight excluding hydrogens is 182 g/mol. The Kier molecular flexibility index (Phi) is 4.10. The van der Waals surface area contributed by atoms with Crippen LogP contribution in [0.4, 0.5) is 0 Å². The van der Waals surface area contributed by atoms with Gasteiger partial charge in [0.2, 0.25) is 0 Å². The molecule has 0 amide bonds. The lowest BCUT2D eigenvalue weighted by Gasteiger charge is -2.29. The zero-order chi connectivity index (χ0) is 11.4. The van der Waals surface area contributed by atoms with E-state index in [2.05, 4.69) is 63.7 Å². The van der Waals surface area contributed by atoms with Gasteiger partial charge in [-0.3, -0.25) is 4.90 Å². The lowest BCUT2D eigenvalue weighted by atomic mass is 9.91. The van der Waals surface area contributed by atoms with Crippen molar-refractivity contribution < 1.29 is 0 Å². The van der Waals surface area contributed by atoms with E-state index in [0.29, 0.717) is 12.0 Å². The summed E-state index contributed by atoms with van der Waals surface area (Å²) in [6, 6.07) is 10.9. The van der Waals surface area contributed by atoms with Crippen molar-refractivity contribution in [2.45, 2.75) is 19.9 Å². The van der Waals surface area contributed by atoms with E-state index >= 15 is 0 Å². The van der Waals surface area contributed by atoms with E-state index in [9.17, 15) is 0 Å². The highest BCUT2D eigenvalue weighted by atomic mass is 15.1. The van der Waals surface area contributed by atoms with Gasteiger partial charge < -0.3 is 0 Å². The summed E-state index contributed by atoms with van der Waals surface area (Å²) in [6.45, 7) is 8.60. The Morgan fingerprint density at radius 3 is 2.07 bits per heavy atom. The average Bonchev–Trinajstić information content (AvgIpc) is 2.18. The first-order valence-electron chi connectivity index (χ1n) is 5.44. The molecular formula is C14H21N. The first kappa shape index (κ1) is 12.0. The Bertz CT molecular complexity index is 311. The molecule has 0 spiro atoms. The summed E-state index contributed by atoms with van der Waals surface area (Å²) in [7, 11) is 4.20. The summed E-state index contributed by atoms with van der Waals surface area (Å²) in [6.07, 6.45) is 0. The minimum atomic E-state index is 0.325. The highest BCUT2D eigenvalue weighted by Gasteiger charge is 2.18. The van der Waals surface area contributed by atoms with Crippen molar-refractivity contribution in [1.29, 1.82) is 0 Å². The van der Waals surface area contributed by atoms with E-state index in [1.54, 1.807) is 0 Å². The molecule has 1 rings (SSSR count). The van der Waals surface area contributed by atoms with Crippen LogP contribution in [0.3, 0.4) is 0 Å². The van der Waals surface area contributed by atoms with E-state index in [4.69, 9.17) is 0 Å². The summed E-state index contributed by atoms with van der Waals surface area (Å²) >= 11 is 0. The van der Waals surface area contributed by atoms with Crippen LogP contribution in [-0.2, 0) is 0 Å². The molecule has 82 valence electrons. The molecule has 0 radical (unpaired) electrons. The van der Waals surface area contributed by atoms with Crippen molar-refractivity contribution in [3.63, 3.8) is 0 Å². The van der Waals surface area contributed by atoms with Gasteiger partial charge >= 0.3 is 0 Å². The van der Waals surface area contributed by atoms with Gasteiger partial charge in [0.25, 0.3) is 0 Å². The Hall–Kier alpha value is -1.08. The largest absolute Gasteiger partial charge is 0.299 e. The normalized spacial score (nSPS) is 13.2. The number of hydrogen-bond acceptors (Lipinski definition) is 1. The molecule has 0 fully saturated rings. The maximum Gasteiger partial charge on any atom is 0.0556 e. The molecule has 0 aliphatic rings. The summed E-state index contributed by atoms with van der Waals surface area (Å²) in [5.74, 6) is 0.512. The third-order valence-electron chi connectivity index (χ3n) is 2.72. The van der Waals surface area contributed by atoms with Crippen LogP contribution in [0.15, 0.2) is 42.5 Å². The van der Waals surface area contributed by atoms with Crippen molar-refractivity contribution in [3.8, 4) is 0 Å². The fraction of sp³-hybridized carbons (Fsp3) is 0.429. The monoisotopic (exact) mass is 203 g/mol. The number of likely N-dealkylation sites (N-methyl/N-ethyl adjacent to an activating group) is 1. The molecule has 0 aliphatic heterocycles. The highest BCUT2D eigenvalue weighted by Crippen LogP contribution is 2.29. The Morgan fingerprint density at radius 2 is 1.67 bits per heavy atom. The lowest BCUT2D eigenvalue weighted by molar-refractivity contribution is 0.322. The first-order chi connectivity index (χ1) is 7.04. The van der Waals surface area contributed by atoms with Gasteiger partial charge in [-0.05, 0) is 25.6 Å².